The van der Waals surface area contributed by atoms with Crippen molar-refractivity contribution in [3.8, 4) is 0 Å². The van der Waals surface area contributed by atoms with E-state index in [2.05, 4.69) is 78.5 Å². The Bertz CT molecular complexity index is 512. The molecule has 0 amide bonds. The van der Waals surface area contributed by atoms with Gasteiger partial charge in [-0.2, -0.15) is 0 Å². The highest BCUT2D eigenvalue weighted by molar-refractivity contribution is 8.76. The van der Waals surface area contributed by atoms with Crippen molar-refractivity contribution in [3.63, 3.8) is 0 Å². The molecule has 0 aliphatic rings. The van der Waals surface area contributed by atoms with E-state index in [9.17, 15) is 0 Å². The Morgan fingerprint density at radius 2 is 1.48 bits per heavy atom. The molecule has 2 unspecified atom stereocenters. The predicted molar refractivity (Wildman–Crippen MR) is 127 cm³/mol. The van der Waals surface area contributed by atoms with Crippen LogP contribution in [0.25, 0.3) is 0 Å². The van der Waals surface area contributed by atoms with Gasteiger partial charge in [-0.25, -0.2) is 0 Å². The first-order valence-corrected chi connectivity index (χ1v) is 16.0. The maximum absolute atomic E-state index is 6.24. The minimum absolute atomic E-state index is 0.207. The molecule has 1 rings (SSSR count). The van der Waals surface area contributed by atoms with E-state index in [4.69, 9.17) is 9.47 Å². The van der Waals surface area contributed by atoms with Crippen LogP contribution < -0.4 is 0 Å². The molecule has 0 N–H and O–H groups in total. The van der Waals surface area contributed by atoms with Crippen molar-refractivity contribution >= 4 is 29.7 Å². The fourth-order valence-electron chi connectivity index (χ4n) is 2.38. The molecule has 0 bridgehead atoms. The third-order valence-corrected chi connectivity index (χ3v) is 10.8. The molecule has 2 atom stereocenters. The Hall–Kier alpha value is 0.0569. The van der Waals surface area contributed by atoms with E-state index in [1.54, 1.807) is 0 Å². The second-order valence-corrected chi connectivity index (χ2v) is 17.1. The summed E-state index contributed by atoms with van der Waals surface area (Å²) in [5.41, 5.74) is 2.23. The average molecular weight is 429 g/mol. The van der Waals surface area contributed by atoms with Gasteiger partial charge in [-0.15, -0.1) is 0 Å². The van der Waals surface area contributed by atoms with Crippen molar-refractivity contribution in [1.82, 2.24) is 0 Å². The van der Waals surface area contributed by atoms with Gasteiger partial charge in [0.15, 0.2) is 0 Å². The summed E-state index contributed by atoms with van der Waals surface area (Å²) < 4.78 is 11.9. The highest BCUT2D eigenvalue weighted by atomic mass is 33.1. The number of aryl methyl sites for hydroxylation is 1. The van der Waals surface area contributed by atoms with Gasteiger partial charge in [-0.05, 0) is 55.8 Å². The molecular formula is C22H40O2S2Si. The van der Waals surface area contributed by atoms with Crippen LogP contribution in [0.4, 0.5) is 0 Å². The molecule has 5 heteroatoms. The smallest absolute Gasteiger partial charge is 0.113 e. The number of rotatable bonds is 13. The van der Waals surface area contributed by atoms with Crippen LogP contribution in [0.5, 0.6) is 0 Å². The van der Waals surface area contributed by atoms with Crippen molar-refractivity contribution < 1.29 is 9.47 Å². The molecule has 0 aromatic heterocycles. The lowest BCUT2D eigenvalue weighted by atomic mass is 10.0. The topological polar surface area (TPSA) is 18.5 Å². The van der Waals surface area contributed by atoms with Crippen LogP contribution >= 0.6 is 21.6 Å². The fourth-order valence-corrected chi connectivity index (χ4v) is 7.41. The zero-order valence-electron chi connectivity index (χ0n) is 18.6. The Balaban J connectivity index is 2.58. The number of hydrogen-bond donors (Lipinski definition) is 0. The van der Waals surface area contributed by atoms with Gasteiger partial charge in [0.1, 0.15) is 5.44 Å². The zero-order valence-corrected chi connectivity index (χ0v) is 21.2. The Morgan fingerprint density at radius 1 is 0.889 bits per heavy atom. The lowest BCUT2D eigenvalue weighted by molar-refractivity contribution is 0.0115. The van der Waals surface area contributed by atoms with E-state index in [1.807, 2.05) is 21.6 Å². The van der Waals surface area contributed by atoms with Gasteiger partial charge in [0.05, 0.1) is 27.4 Å². The molecule has 0 saturated carbocycles. The van der Waals surface area contributed by atoms with Crippen LogP contribution in [0.15, 0.2) is 29.2 Å². The maximum Gasteiger partial charge on any atom is 0.113 e. The van der Waals surface area contributed by atoms with Gasteiger partial charge < -0.3 is 9.47 Å². The quantitative estimate of drug-likeness (QED) is 0.140. The standard InChI is InChI=1S/C22H40O2S2Si/c1-17(2)9-10-20-11-13-21(14-12-20)25-26-22(19(5)27(6,7)8)24-16-15-23-18(3)4/h11-14,17-19,22H,9-10,15-16H2,1-8H3. The molecule has 156 valence electrons. The molecule has 1 aromatic carbocycles. The summed E-state index contributed by atoms with van der Waals surface area (Å²) in [5.74, 6) is 0.759. The Morgan fingerprint density at radius 3 is 2.00 bits per heavy atom. The molecule has 0 saturated heterocycles. The highest BCUT2D eigenvalue weighted by Crippen LogP contribution is 2.42. The highest BCUT2D eigenvalue weighted by Gasteiger charge is 2.31. The lowest BCUT2D eigenvalue weighted by Gasteiger charge is -2.32. The van der Waals surface area contributed by atoms with Gasteiger partial charge in [0.25, 0.3) is 0 Å². The third-order valence-electron chi connectivity index (χ3n) is 4.76. The number of benzene rings is 1. The second kappa shape index (κ2) is 12.6. The van der Waals surface area contributed by atoms with Crippen LogP contribution in [0.1, 0.15) is 46.6 Å². The fraction of sp³-hybridized carbons (Fsp3) is 0.727. The largest absolute Gasteiger partial charge is 0.376 e. The second-order valence-electron chi connectivity index (χ2n) is 9.07. The summed E-state index contributed by atoms with van der Waals surface area (Å²) in [4.78, 5) is 1.31. The van der Waals surface area contributed by atoms with E-state index in [1.165, 1.54) is 23.3 Å². The van der Waals surface area contributed by atoms with Gasteiger partial charge in [0.2, 0.25) is 0 Å². The predicted octanol–water partition coefficient (Wildman–Crippen LogP) is 7.51. The number of hydrogen-bond acceptors (Lipinski definition) is 4. The van der Waals surface area contributed by atoms with E-state index in [0.29, 0.717) is 18.8 Å². The van der Waals surface area contributed by atoms with Crippen molar-refractivity contribution in [2.75, 3.05) is 13.2 Å². The lowest BCUT2D eigenvalue weighted by Crippen LogP contribution is -2.34. The van der Waals surface area contributed by atoms with E-state index in [-0.39, 0.29) is 11.5 Å². The first kappa shape index (κ1) is 25.1. The molecule has 0 aliphatic carbocycles. The summed E-state index contributed by atoms with van der Waals surface area (Å²) in [7, 11) is 2.44. The summed E-state index contributed by atoms with van der Waals surface area (Å²) in [6, 6.07) is 9.07. The van der Waals surface area contributed by atoms with Gasteiger partial charge in [-0.3, -0.25) is 0 Å². The number of ether oxygens (including phenoxy) is 2. The van der Waals surface area contributed by atoms with Crippen molar-refractivity contribution in [2.24, 2.45) is 5.92 Å². The van der Waals surface area contributed by atoms with E-state index < -0.39 is 8.07 Å². The molecule has 27 heavy (non-hydrogen) atoms. The van der Waals surface area contributed by atoms with Gasteiger partial charge >= 0.3 is 0 Å². The molecule has 0 heterocycles. The van der Waals surface area contributed by atoms with Crippen LogP contribution in [-0.2, 0) is 15.9 Å². The third kappa shape index (κ3) is 11.0. The SMILES string of the molecule is CC(C)CCc1ccc(SSC(OCCOC(C)C)C(C)[Si](C)(C)C)cc1. The molecular weight excluding hydrogens is 388 g/mol. The summed E-state index contributed by atoms with van der Waals surface area (Å²) in [6.45, 7) is 19.7. The summed E-state index contributed by atoms with van der Waals surface area (Å²) >= 11 is 0. The maximum atomic E-state index is 6.24. The van der Waals surface area contributed by atoms with Crippen molar-refractivity contribution in [2.45, 2.75) is 89.1 Å². The average Bonchev–Trinajstić information content (AvgIpc) is 2.58. The van der Waals surface area contributed by atoms with Gasteiger partial charge in [-0.1, -0.05) is 74.1 Å². The molecule has 0 radical (unpaired) electrons. The van der Waals surface area contributed by atoms with Crippen LogP contribution in [0.3, 0.4) is 0 Å². The Kier molecular flexibility index (Phi) is 11.7. The molecule has 0 fully saturated rings. The molecule has 2 nitrogen and oxygen atoms in total. The molecule has 0 spiro atoms. The molecule has 1 aromatic rings. The summed E-state index contributed by atoms with van der Waals surface area (Å²) in [5, 5.41) is 0. The first-order chi connectivity index (χ1) is 12.6. The Labute approximate surface area is 177 Å². The zero-order chi connectivity index (χ0) is 20.4. The first-order valence-electron chi connectivity index (χ1n) is 10.2. The molecule has 0 aliphatic heterocycles. The van der Waals surface area contributed by atoms with Crippen molar-refractivity contribution in [1.29, 1.82) is 0 Å². The van der Waals surface area contributed by atoms with Crippen LogP contribution in [0, 0.1) is 5.92 Å². The van der Waals surface area contributed by atoms with Crippen LogP contribution in [0.2, 0.25) is 25.2 Å². The normalized spacial score (nSPS) is 14.7. The minimum Gasteiger partial charge on any atom is -0.376 e. The minimum atomic E-state index is -1.27. The van der Waals surface area contributed by atoms with Crippen LogP contribution in [-0.4, -0.2) is 32.8 Å². The monoisotopic (exact) mass is 428 g/mol. The van der Waals surface area contributed by atoms with E-state index >= 15 is 0 Å². The van der Waals surface area contributed by atoms with Gasteiger partial charge in [0, 0.05) is 4.90 Å². The van der Waals surface area contributed by atoms with E-state index in [0.717, 1.165) is 5.92 Å². The van der Waals surface area contributed by atoms with Crippen molar-refractivity contribution in [3.05, 3.63) is 29.8 Å². The summed E-state index contributed by atoms with van der Waals surface area (Å²) in [6.07, 6.45) is 2.69.